The first-order valence-electron chi connectivity index (χ1n) is 8.83. The van der Waals surface area contributed by atoms with E-state index in [1.807, 2.05) is 44.3 Å². The second kappa shape index (κ2) is 7.03. The van der Waals surface area contributed by atoms with Crippen molar-refractivity contribution in [1.29, 1.82) is 0 Å². The highest BCUT2D eigenvalue weighted by Gasteiger charge is 2.30. The number of nitrogens with zero attached hydrogens (tertiary/aromatic N) is 3. The lowest BCUT2D eigenvalue weighted by Crippen LogP contribution is -2.46. The minimum atomic E-state index is -0.447. The molecule has 6 heteroatoms. The van der Waals surface area contributed by atoms with Crippen LogP contribution in [0.15, 0.2) is 0 Å². The van der Waals surface area contributed by atoms with E-state index in [0.717, 1.165) is 43.0 Å². The van der Waals surface area contributed by atoms with E-state index < -0.39 is 5.60 Å². The maximum Gasteiger partial charge on any atom is 0.410 e. The van der Waals surface area contributed by atoms with Crippen molar-refractivity contribution in [2.24, 2.45) is 13.0 Å². The molecule has 0 aromatic carbocycles. The number of piperidine rings is 1. The molecule has 1 aliphatic rings. The van der Waals surface area contributed by atoms with Crippen LogP contribution in [0.3, 0.4) is 0 Å². The number of amides is 1. The maximum absolute atomic E-state index is 12.3. The van der Waals surface area contributed by atoms with E-state index in [2.05, 4.69) is 24.3 Å². The summed E-state index contributed by atoms with van der Waals surface area (Å²) in [5.41, 5.74) is 2.82. The minimum Gasteiger partial charge on any atom is -0.444 e. The molecule has 1 aromatic heterocycles. The minimum absolute atomic E-state index is 0.201. The molecule has 0 bridgehead atoms. The smallest absolute Gasteiger partial charge is 0.410 e. The number of carbonyl (C=O) groups is 1. The third-order valence-electron chi connectivity index (χ3n) is 4.70. The Balaban J connectivity index is 1.99. The largest absolute Gasteiger partial charge is 0.444 e. The van der Waals surface area contributed by atoms with Crippen molar-refractivity contribution in [1.82, 2.24) is 14.7 Å². The van der Waals surface area contributed by atoms with Crippen LogP contribution in [0.25, 0.3) is 0 Å². The second-order valence-electron chi connectivity index (χ2n) is 7.93. The summed E-state index contributed by atoms with van der Waals surface area (Å²) in [7, 11) is 1.96. The zero-order valence-corrected chi connectivity index (χ0v) is 16.1. The van der Waals surface area contributed by atoms with Gasteiger partial charge < -0.3 is 15.0 Å². The predicted octanol–water partition coefficient (Wildman–Crippen LogP) is 3.48. The van der Waals surface area contributed by atoms with E-state index in [9.17, 15) is 4.79 Å². The molecule has 1 aliphatic heterocycles. The quantitative estimate of drug-likeness (QED) is 0.918. The lowest BCUT2D eigenvalue weighted by Gasteiger charge is -2.37. The fourth-order valence-electron chi connectivity index (χ4n) is 3.24. The molecule has 1 saturated heterocycles. The van der Waals surface area contributed by atoms with Crippen molar-refractivity contribution >= 4 is 11.8 Å². The number of likely N-dealkylation sites (tertiary alicyclic amines) is 1. The Bertz CT molecular complexity index is 589. The molecule has 2 atom stereocenters. The Morgan fingerprint density at radius 1 is 1.38 bits per heavy atom. The normalized spacial score (nSPS) is 20.0. The molecule has 0 radical (unpaired) electrons. The Kier molecular flexibility index (Phi) is 5.45. The molecule has 6 nitrogen and oxygen atoms in total. The monoisotopic (exact) mass is 336 g/mol. The summed E-state index contributed by atoms with van der Waals surface area (Å²) in [5.74, 6) is 0.408. The third kappa shape index (κ3) is 4.42. The molecule has 1 N–H and O–H groups in total. The van der Waals surface area contributed by atoms with Crippen LogP contribution in [0, 0.1) is 19.8 Å². The Hall–Kier alpha value is -1.72. The molecular weight excluding hydrogens is 304 g/mol. The van der Waals surface area contributed by atoms with Gasteiger partial charge in [0.1, 0.15) is 5.60 Å². The van der Waals surface area contributed by atoms with Crippen LogP contribution in [0.5, 0.6) is 0 Å². The van der Waals surface area contributed by atoms with Gasteiger partial charge in [0.15, 0.2) is 0 Å². The number of hydrogen-bond donors (Lipinski definition) is 1. The van der Waals surface area contributed by atoms with E-state index in [4.69, 9.17) is 4.74 Å². The van der Waals surface area contributed by atoms with Gasteiger partial charge >= 0.3 is 6.09 Å². The van der Waals surface area contributed by atoms with Gasteiger partial charge in [0.25, 0.3) is 0 Å². The van der Waals surface area contributed by atoms with Gasteiger partial charge in [0.2, 0.25) is 0 Å². The van der Waals surface area contributed by atoms with Crippen molar-refractivity contribution in [2.75, 3.05) is 18.4 Å². The molecular formula is C18H32N4O2. The molecule has 1 aromatic rings. The fourth-order valence-corrected chi connectivity index (χ4v) is 3.24. The van der Waals surface area contributed by atoms with Crippen LogP contribution in [0.2, 0.25) is 0 Å². The van der Waals surface area contributed by atoms with E-state index >= 15 is 0 Å². The summed E-state index contributed by atoms with van der Waals surface area (Å²) in [4.78, 5) is 14.2. The average Bonchev–Trinajstić information content (AvgIpc) is 2.72. The van der Waals surface area contributed by atoms with Crippen LogP contribution >= 0.6 is 0 Å². The van der Waals surface area contributed by atoms with E-state index in [-0.39, 0.29) is 12.1 Å². The Morgan fingerprint density at radius 2 is 2.04 bits per heavy atom. The van der Waals surface area contributed by atoms with E-state index in [1.165, 1.54) is 0 Å². The highest BCUT2D eigenvalue weighted by Crippen LogP contribution is 2.26. The van der Waals surface area contributed by atoms with Crippen LogP contribution in [0.1, 0.15) is 51.9 Å². The van der Waals surface area contributed by atoms with Crippen molar-refractivity contribution in [3.8, 4) is 0 Å². The van der Waals surface area contributed by atoms with Gasteiger partial charge in [-0.3, -0.25) is 4.68 Å². The SMILES string of the molecule is Cc1nn(C)c(C)c1N[C@H](C)[C@H]1CCCN(C(=O)OC(C)(C)C)C1. The Morgan fingerprint density at radius 3 is 2.58 bits per heavy atom. The second-order valence-corrected chi connectivity index (χ2v) is 7.93. The summed E-state index contributed by atoms with van der Waals surface area (Å²) in [6, 6.07) is 0.275. The van der Waals surface area contributed by atoms with Crippen molar-refractivity contribution in [3.63, 3.8) is 0 Å². The molecule has 0 aliphatic carbocycles. The third-order valence-corrected chi connectivity index (χ3v) is 4.70. The van der Waals surface area contributed by atoms with Gasteiger partial charge in [-0.1, -0.05) is 0 Å². The lowest BCUT2D eigenvalue weighted by molar-refractivity contribution is 0.0159. The topological polar surface area (TPSA) is 59.4 Å². The van der Waals surface area contributed by atoms with Crippen molar-refractivity contribution in [2.45, 2.75) is 66.0 Å². The zero-order valence-electron chi connectivity index (χ0n) is 16.1. The van der Waals surface area contributed by atoms with E-state index in [0.29, 0.717) is 5.92 Å². The van der Waals surface area contributed by atoms with Crippen LogP contribution in [0.4, 0.5) is 10.5 Å². The fraction of sp³-hybridized carbons (Fsp3) is 0.778. The number of ether oxygens (including phenoxy) is 1. The zero-order chi connectivity index (χ0) is 18.1. The highest BCUT2D eigenvalue weighted by molar-refractivity contribution is 5.68. The standard InChI is InChI=1S/C18H32N4O2/c1-12(19-16-13(2)20-21(7)14(16)3)15-9-8-10-22(11-15)17(23)24-18(4,5)6/h12,15,19H,8-11H2,1-7H3/t12-,15+/m1/s1. The van der Waals surface area contributed by atoms with E-state index in [1.54, 1.807) is 0 Å². The predicted molar refractivity (Wildman–Crippen MR) is 96.3 cm³/mol. The molecule has 2 rings (SSSR count). The van der Waals surface area contributed by atoms with Crippen molar-refractivity contribution < 1.29 is 9.53 Å². The number of carbonyl (C=O) groups excluding carboxylic acids is 1. The van der Waals surface area contributed by atoms with Gasteiger partial charge in [-0.2, -0.15) is 5.10 Å². The molecule has 2 heterocycles. The number of aromatic nitrogens is 2. The molecule has 0 spiro atoms. The van der Waals surface area contributed by atoms with Gasteiger partial charge in [0, 0.05) is 26.2 Å². The van der Waals surface area contributed by atoms with Gasteiger partial charge in [-0.05, 0) is 60.3 Å². The van der Waals surface area contributed by atoms with Crippen LogP contribution in [-0.2, 0) is 11.8 Å². The summed E-state index contributed by atoms with van der Waals surface area (Å²) in [5, 5.41) is 8.08. The number of rotatable bonds is 3. The molecule has 1 amide bonds. The number of aryl methyl sites for hydroxylation is 2. The first kappa shape index (κ1) is 18.6. The molecule has 0 unspecified atom stereocenters. The van der Waals surface area contributed by atoms with Gasteiger partial charge in [-0.15, -0.1) is 0 Å². The number of nitrogens with one attached hydrogen (secondary N) is 1. The number of hydrogen-bond acceptors (Lipinski definition) is 4. The first-order valence-corrected chi connectivity index (χ1v) is 8.83. The maximum atomic E-state index is 12.3. The summed E-state index contributed by atoms with van der Waals surface area (Å²) < 4.78 is 7.42. The van der Waals surface area contributed by atoms with Crippen LogP contribution in [-0.4, -0.2) is 45.5 Å². The highest BCUT2D eigenvalue weighted by atomic mass is 16.6. The lowest BCUT2D eigenvalue weighted by atomic mass is 9.91. The van der Waals surface area contributed by atoms with Crippen molar-refractivity contribution in [3.05, 3.63) is 11.4 Å². The van der Waals surface area contributed by atoms with Crippen LogP contribution < -0.4 is 5.32 Å². The number of anilines is 1. The summed E-state index contributed by atoms with van der Waals surface area (Å²) in [6.07, 6.45) is 1.93. The average molecular weight is 336 g/mol. The molecule has 1 fully saturated rings. The molecule has 136 valence electrons. The first-order chi connectivity index (χ1) is 11.1. The summed E-state index contributed by atoms with van der Waals surface area (Å²) in [6.45, 7) is 13.5. The Labute approximate surface area is 145 Å². The summed E-state index contributed by atoms with van der Waals surface area (Å²) >= 11 is 0. The molecule has 0 saturated carbocycles. The molecule has 24 heavy (non-hydrogen) atoms. The van der Waals surface area contributed by atoms with Gasteiger partial charge in [0.05, 0.1) is 17.1 Å². The van der Waals surface area contributed by atoms with Gasteiger partial charge in [-0.25, -0.2) is 4.79 Å².